The number of ether oxygens (including phenoxy) is 1. The summed E-state index contributed by atoms with van der Waals surface area (Å²) < 4.78 is 5.75. The first kappa shape index (κ1) is 18.3. The number of nitrogens with one attached hydrogen (secondary N) is 1. The molecule has 0 aromatic heterocycles. The van der Waals surface area contributed by atoms with Crippen molar-refractivity contribution < 1.29 is 9.53 Å². The summed E-state index contributed by atoms with van der Waals surface area (Å²) in [5.74, 6) is 0.796. The molecule has 0 atom stereocenters. The number of benzene rings is 2. The van der Waals surface area contributed by atoms with Crippen molar-refractivity contribution in [1.29, 1.82) is 0 Å². The van der Waals surface area contributed by atoms with Gasteiger partial charge in [0.15, 0.2) is 0 Å². The second kappa shape index (κ2) is 9.98. The predicted octanol–water partition coefficient (Wildman–Crippen LogP) is 3.88. The predicted molar refractivity (Wildman–Crippen MR) is 103 cm³/mol. The molecule has 0 bridgehead atoms. The largest absolute Gasteiger partial charge is 0.489 e. The van der Waals surface area contributed by atoms with Crippen LogP contribution in [0.1, 0.15) is 5.56 Å². The molecule has 0 fully saturated rings. The van der Waals surface area contributed by atoms with Crippen molar-refractivity contribution in [2.45, 2.75) is 6.61 Å². The van der Waals surface area contributed by atoms with E-state index in [1.807, 2.05) is 54.6 Å². The summed E-state index contributed by atoms with van der Waals surface area (Å²) in [5.41, 5.74) is 2.00. The highest BCUT2D eigenvalue weighted by Crippen LogP contribution is 2.17. The highest BCUT2D eigenvalue weighted by atomic mass is 16.5. The molecule has 0 aliphatic rings. The lowest BCUT2D eigenvalue weighted by Gasteiger charge is -2.19. The van der Waals surface area contributed by atoms with Crippen LogP contribution in [0.15, 0.2) is 79.9 Å². The Balaban J connectivity index is 1.82. The molecule has 0 spiro atoms. The monoisotopic (exact) mass is 336 g/mol. The minimum Gasteiger partial charge on any atom is -0.489 e. The van der Waals surface area contributed by atoms with Crippen molar-refractivity contribution in [3.63, 3.8) is 0 Å². The van der Waals surface area contributed by atoms with Crippen molar-refractivity contribution in [2.24, 2.45) is 0 Å². The van der Waals surface area contributed by atoms with Crippen molar-refractivity contribution in [3.05, 3.63) is 85.5 Å². The van der Waals surface area contributed by atoms with Crippen LogP contribution in [-0.2, 0) is 11.4 Å². The zero-order chi connectivity index (χ0) is 17.9. The minimum atomic E-state index is 0.00389. The number of rotatable bonds is 10. The van der Waals surface area contributed by atoms with E-state index < -0.39 is 0 Å². The molecule has 0 unspecified atom stereocenters. The van der Waals surface area contributed by atoms with E-state index >= 15 is 0 Å². The molecule has 25 heavy (non-hydrogen) atoms. The van der Waals surface area contributed by atoms with Gasteiger partial charge in [-0.3, -0.25) is 4.79 Å². The lowest BCUT2D eigenvalue weighted by atomic mass is 10.2. The third-order valence-corrected chi connectivity index (χ3v) is 3.60. The van der Waals surface area contributed by atoms with Gasteiger partial charge in [-0.15, -0.1) is 13.2 Å². The fourth-order valence-corrected chi connectivity index (χ4v) is 2.29. The van der Waals surface area contributed by atoms with E-state index in [0.29, 0.717) is 19.7 Å². The molecule has 2 aromatic carbocycles. The van der Waals surface area contributed by atoms with Gasteiger partial charge in [-0.2, -0.15) is 0 Å². The minimum absolute atomic E-state index is 0.00389. The fraction of sp³-hybridized carbons (Fsp3) is 0.190. The standard InChI is InChI=1S/C21H24N2O2/c1-3-14-23(15-4-2)21(24)16-22-19-10-12-20(13-11-19)25-17-18-8-6-5-7-9-18/h3-13,22H,1-2,14-17H2. The van der Waals surface area contributed by atoms with Crippen molar-refractivity contribution in [1.82, 2.24) is 4.90 Å². The Morgan fingerprint density at radius 1 is 1.00 bits per heavy atom. The van der Waals surface area contributed by atoms with Gasteiger partial charge in [0.1, 0.15) is 12.4 Å². The molecule has 4 nitrogen and oxygen atoms in total. The average Bonchev–Trinajstić information content (AvgIpc) is 2.66. The van der Waals surface area contributed by atoms with Gasteiger partial charge in [0.2, 0.25) is 5.91 Å². The van der Waals surface area contributed by atoms with E-state index in [2.05, 4.69) is 18.5 Å². The van der Waals surface area contributed by atoms with Gasteiger partial charge in [0.25, 0.3) is 0 Å². The van der Waals surface area contributed by atoms with Gasteiger partial charge >= 0.3 is 0 Å². The first-order chi connectivity index (χ1) is 12.2. The molecule has 130 valence electrons. The number of hydrogen-bond donors (Lipinski definition) is 1. The highest BCUT2D eigenvalue weighted by molar-refractivity contribution is 5.81. The number of hydrogen-bond acceptors (Lipinski definition) is 3. The van der Waals surface area contributed by atoms with E-state index in [-0.39, 0.29) is 12.5 Å². The maximum absolute atomic E-state index is 12.2. The Bertz CT molecular complexity index is 671. The number of anilines is 1. The van der Waals surface area contributed by atoms with E-state index in [1.54, 1.807) is 17.1 Å². The van der Waals surface area contributed by atoms with Gasteiger partial charge in [0.05, 0.1) is 6.54 Å². The molecule has 0 saturated carbocycles. The summed E-state index contributed by atoms with van der Waals surface area (Å²) >= 11 is 0. The first-order valence-corrected chi connectivity index (χ1v) is 8.23. The van der Waals surface area contributed by atoms with Crippen LogP contribution in [-0.4, -0.2) is 30.4 Å². The third-order valence-electron chi connectivity index (χ3n) is 3.60. The van der Waals surface area contributed by atoms with Crippen LogP contribution in [0.4, 0.5) is 5.69 Å². The average molecular weight is 336 g/mol. The Morgan fingerprint density at radius 2 is 1.64 bits per heavy atom. The molecule has 0 saturated heterocycles. The van der Waals surface area contributed by atoms with E-state index in [1.165, 1.54) is 0 Å². The van der Waals surface area contributed by atoms with Crippen molar-refractivity contribution in [2.75, 3.05) is 25.0 Å². The molecule has 0 heterocycles. The van der Waals surface area contributed by atoms with Crippen molar-refractivity contribution >= 4 is 11.6 Å². The lowest BCUT2D eigenvalue weighted by molar-refractivity contribution is -0.128. The summed E-state index contributed by atoms with van der Waals surface area (Å²) in [5, 5.41) is 3.13. The van der Waals surface area contributed by atoms with E-state index in [0.717, 1.165) is 17.0 Å². The number of amides is 1. The van der Waals surface area contributed by atoms with Gasteiger partial charge in [0, 0.05) is 18.8 Å². The van der Waals surface area contributed by atoms with Crippen LogP contribution in [0, 0.1) is 0 Å². The normalized spacial score (nSPS) is 9.92. The number of carbonyl (C=O) groups is 1. The van der Waals surface area contributed by atoms with Gasteiger partial charge in [-0.1, -0.05) is 42.5 Å². The molecule has 0 aliphatic heterocycles. The summed E-state index contributed by atoms with van der Waals surface area (Å²) in [4.78, 5) is 13.9. The maximum Gasteiger partial charge on any atom is 0.242 e. The molecule has 2 rings (SSSR count). The number of carbonyl (C=O) groups excluding carboxylic acids is 1. The summed E-state index contributed by atoms with van der Waals surface area (Å²) in [6, 6.07) is 17.6. The fourth-order valence-electron chi connectivity index (χ4n) is 2.29. The van der Waals surface area contributed by atoms with Gasteiger partial charge in [-0.25, -0.2) is 0 Å². The first-order valence-electron chi connectivity index (χ1n) is 8.23. The van der Waals surface area contributed by atoms with Crippen LogP contribution in [0.2, 0.25) is 0 Å². The second-order valence-electron chi connectivity index (χ2n) is 5.53. The molecule has 0 radical (unpaired) electrons. The number of nitrogens with zero attached hydrogens (tertiary/aromatic N) is 1. The molecular formula is C21H24N2O2. The molecule has 1 amide bonds. The topological polar surface area (TPSA) is 41.6 Å². The molecule has 2 aromatic rings. The van der Waals surface area contributed by atoms with Crippen LogP contribution < -0.4 is 10.1 Å². The zero-order valence-electron chi connectivity index (χ0n) is 14.4. The van der Waals surface area contributed by atoms with Crippen LogP contribution in [0.25, 0.3) is 0 Å². The molecule has 1 N–H and O–H groups in total. The lowest BCUT2D eigenvalue weighted by Crippen LogP contribution is -2.35. The van der Waals surface area contributed by atoms with Crippen LogP contribution in [0.5, 0.6) is 5.75 Å². The van der Waals surface area contributed by atoms with Gasteiger partial charge in [-0.05, 0) is 29.8 Å². The Labute approximate surface area is 149 Å². The molecule has 0 aliphatic carbocycles. The quantitative estimate of drug-likeness (QED) is 0.670. The van der Waals surface area contributed by atoms with Crippen LogP contribution >= 0.6 is 0 Å². The van der Waals surface area contributed by atoms with Crippen LogP contribution in [0.3, 0.4) is 0 Å². The Morgan fingerprint density at radius 3 is 2.24 bits per heavy atom. The highest BCUT2D eigenvalue weighted by Gasteiger charge is 2.09. The second-order valence-corrected chi connectivity index (χ2v) is 5.53. The zero-order valence-corrected chi connectivity index (χ0v) is 14.4. The summed E-state index contributed by atoms with van der Waals surface area (Å²) in [6.07, 6.45) is 3.42. The smallest absolute Gasteiger partial charge is 0.242 e. The summed E-state index contributed by atoms with van der Waals surface area (Å²) in [7, 11) is 0. The van der Waals surface area contributed by atoms with Crippen molar-refractivity contribution in [3.8, 4) is 5.75 Å². The third kappa shape index (κ3) is 6.18. The molecule has 4 heteroatoms. The van der Waals surface area contributed by atoms with E-state index in [4.69, 9.17) is 4.74 Å². The molecular weight excluding hydrogens is 312 g/mol. The van der Waals surface area contributed by atoms with E-state index in [9.17, 15) is 4.79 Å². The SMILES string of the molecule is C=CCN(CC=C)C(=O)CNc1ccc(OCc2ccccc2)cc1. The Hall–Kier alpha value is -3.01. The maximum atomic E-state index is 12.2. The Kier molecular flexibility index (Phi) is 7.32. The summed E-state index contributed by atoms with van der Waals surface area (Å²) in [6.45, 7) is 9.13. The van der Waals surface area contributed by atoms with Gasteiger partial charge < -0.3 is 15.0 Å².